The largest absolute Gasteiger partial charge is 0.748 e. The molecule has 0 atom stereocenters. The molecule has 7 nitrogen and oxygen atoms in total. The average Bonchev–Trinajstić information content (AvgIpc) is 2.52. The summed E-state index contributed by atoms with van der Waals surface area (Å²) >= 11 is 0. The van der Waals surface area contributed by atoms with Crippen molar-refractivity contribution < 1.29 is 17.7 Å². The first-order valence-corrected chi connectivity index (χ1v) is 8.11. The van der Waals surface area contributed by atoms with Crippen LogP contribution in [0.4, 0.5) is 0 Å². The zero-order chi connectivity index (χ0) is 15.6. The molecular weight excluding hydrogens is 304 g/mol. The molecule has 0 saturated carbocycles. The van der Waals surface area contributed by atoms with Crippen molar-refractivity contribution in [3.63, 3.8) is 0 Å². The van der Waals surface area contributed by atoms with Crippen LogP contribution >= 0.6 is 0 Å². The van der Waals surface area contributed by atoms with Crippen LogP contribution in [0.25, 0.3) is 22.2 Å². The molecule has 0 unspecified atom stereocenters. The predicted octanol–water partition coefficient (Wildman–Crippen LogP) is 0.525. The molecule has 0 aliphatic rings. The van der Waals surface area contributed by atoms with Gasteiger partial charge in [-0.15, -0.1) is 10.2 Å². The summed E-state index contributed by atoms with van der Waals surface area (Å²) in [7, 11) is -4.24. The summed E-state index contributed by atoms with van der Waals surface area (Å²) in [6.45, 7) is 0.0233. The lowest BCUT2D eigenvalue weighted by Crippen LogP contribution is -2.40. The fraction of sp³-hybridized carbons (Fsp3) is 0.143. The van der Waals surface area contributed by atoms with Crippen LogP contribution in [-0.4, -0.2) is 34.0 Å². The summed E-state index contributed by atoms with van der Waals surface area (Å²) in [5.41, 5.74) is 2.25. The summed E-state index contributed by atoms with van der Waals surface area (Å²) in [6, 6.07) is 11.3. The van der Waals surface area contributed by atoms with E-state index in [0.717, 1.165) is 16.5 Å². The Hall–Kier alpha value is -2.45. The Balaban J connectivity index is 1.84. The Labute approximate surface area is 127 Å². The highest BCUT2D eigenvalue weighted by Crippen LogP contribution is 2.18. The highest BCUT2D eigenvalue weighted by molar-refractivity contribution is 7.85. The molecule has 112 valence electrons. The quantitative estimate of drug-likeness (QED) is 0.514. The van der Waals surface area contributed by atoms with Gasteiger partial charge in [0.1, 0.15) is 16.3 Å². The Bertz CT molecular complexity index is 911. The van der Waals surface area contributed by atoms with Gasteiger partial charge in [-0.3, -0.25) is 0 Å². The van der Waals surface area contributed by atoms with Crippen LogP contribution in [0, 0.1) is 0 Å². The fourth-order valence-electron chi connectivity index (χ4n) is 2.00. The van der Waals surface area contributed by atoms with E-state index in [9.17, 15) is 13.0 Å². The smallest absolute Gasteiger partial charge is 0.197 e. The van der Waals surface area contributed by atoms with E-state index in [2.05, 4.69) is 15.3 Å². The maximum Gasteiger partial charge on any atom is 0.197 e. The second-order valence-corrected chi connectivity index (χ2v) is 6.25. The third-order valence-electron chi connectivity index (χ3n) is 3.13. The van der Waals surface area contributed by atoms with Crippen molar-refractivity contribution in [2.75, 3.05) is 5.75 Å². The number of benzene rings is 1. The van der Waals surface area contributed by atoms with Crippen molar-refractivity contribution in [2.45, 2.75) is 6.54 Å². The van der Waals surface area contributed by atoms with Crippen LogP contribution in [0.1, 0.15) is 0 Å². The monoisotopic (exact) mass is 316 g/mol. The van der Waals surface area contributed by atoms with Gasteiger partial charge in [0.25, 0.3) is 0 Å². The molecule has 2 aromatic heterocycles. The maximum absolute atomic E-state index is 10.6. The topological polar surface area (TPSA) is 99.8 Å². The lowest BCUT2D eigenvalue weighted by Gasteiger charge is -2.03. The molecule has 3 rings (SSSR count). The van der Waals surface area contributed by atoms with Gasteiger partial charge in [-0.2, -0.15) is 0 Å². The minimum Gasteiger partial charge on any atom is -0.748 e. The first-order chi connectivity index (χ1) is 10.5. The Morgan fingerprint density at radius 3 is 2.68 bits per heavy atom. The molecular formula is C14H12N4O3S. The number of aromatic nitrogens is 4. The first-order valence-electron chi connectivity index (χ1n) is 6.53. The second-order valence-electron chi connectivity index (χ2n) is 4.73. The van der Waals surface area contributed by atoms with Gasteiger partial charge in [-0.25, -0.2) is 8.42 Å². The fourth-order valence-corrected chi connectivity index (χ4v) is 2.41. The van der Waals surface area contributed by atoms with Crippen LogP contribution in [0.5, 0.6) is 0 Å². The molecule has 0 saturated heterocycles. The van der Waals surface area contributed by atoms with Crippen molar-refractivity contribution in [1.82, 2.24) is 15.3 Å². The average molecular weight is 316 g/mol. The zero-order valence-corrected chi connectivity index (χ0v) is 12.3. The van der Waals surface area contributed by atoms with Crippen LogP contribution < -0.4 is 4.68 Å². The van der Waals surface area contributed by atoms with Crippen molar-refractivity contribution in [1.29, 1.82) is 0 Å². The number of aryl methyl sites for hydroxylation is 1. The van der Waals surface area contributed by atoms with Gasteiger partial charge in [0.15, 0.2) is 12.7 Å². The molecule has 0 amide bonds. The molecule has 0 radical (unpaired) electrons. The molecule has 0 bridgehead atoms. The lowest BCUT2D eigenvalue weighted by molar-refractivity contribution is -0.750. The number of rotatable bonds is 4. The predicted molar refractivity (Wildman–Crippen MR) is 77.5 cm³/mol. The number of fused-ring (bicyclic) bond motifs is 1. The summed E-state index contributed by atoms with van der Waals surface area (Å²) in [4.78, 5) is 0. The summed E-state index contributed by atoms with van der Waals surface area (Å²) < 4.78 is 33.2. The van der Waals surface area contributed by atoms with Gasteiger partial charge in [0.05, 0.1) is 17.0 Å². The maximum atomic E-state index is 10.6. The standard InChI is InChI=1S/C14H12N4O3S/c19-22(20,21)8-7-18-6-5-12(10-15-18)14-9-11-3-1-2-4-13(11)16-17-14/h1-6,9-10H,7-8H2. The van der Waals surface area contributed by atoms with E-state index in [1.807, 2.05) is 30.3 Å². The van der Waals surface area contributed by atoms with Crippen molar-refractivity contribution in [3.8, 4) is 11.3 Å². The molecule has 0 aliphatic heterocycles. The molecule has 0 spiro atoms. The van der Waals surface area contributed by atoms with E-state index >= 15 is 0 Å². The third-order valence-corrected chi connectivity index (χ3v) is 3.81. The van der Waals surface area contributed by atoms with E-state index in [-0.39, 0.29) is 6.54 Å². The second kappa shape index (κ2) is 5.74. The molecule has 2 heterocycles. The SMILES string of the molecule is O=S(=O)([O-])CC[n+]1ccc(-c2cc3ccccc3nn2)cn1. The lowest BCUT2D eigenvalue weighted by atomic mass is 10.1. The molecule has 1 aromatic carbocycles. The molecule has 8 heteroatoms. The summed E-state index contributed by atoms with van der Waals surface area (Å²) in [6.07, 6.45) is 3.17. The van der Waals surface area contributed by atoms with E-state index in [1.165, 1.54) is 4.68 Å². The van der Waals surface area contributed by atoms with Crippen LogP contribution in [0.2, 0.25) is 0 Å². The first kappa shape index (κ1) is 14.5. The van der Waals surface area contributed by atoms with Crippen molar-refractivity contribution in [2.24, 2.45) is 0 Å². The van der Waals surface area contributed by atoms with Crippen LogP contribution in [-0.2, 0) is 16.7 Å². The highest BCUT2D eigenvalue weighted by Gasteiger charge is 2.08. The van der Waals surface area contributed by atoms with Crippen LogP contribution in [0.3, 0.4) is 0 Å². The Morgan fingerprint density at radius 2 is 1.95 bits per heavy atom. The van der Waals surface area contributed by atoms with Gasteiger partial charge >= 0.3 is 0 Å². The molecule has 0 N–H and O–H groups in total. The van der Waals surface area contributed by atoms with Gasteiger partial charge in [-0.1, -0.05) is 22.9 Å². The van der Waals surface area contributed by atoms with E-state index < -0.39 is 15.9 Å². The van der Waals surface area contributed by atoms with E-state index in [4.69, 9.17) is 0 Å². The normalized spacial score (nSPS) is 11.7. The van der Waals surface area contributed by atoms with Crippen LogP contribution in [0.15, 0.2) is 48.8 Å². The number of nitrogens with zero attached hydrogens (tertiary/aromatic N) is 4. The van der Waals surface area contributed by atoms with E-state index in [0.29, 0.717) is 5.69 Å². The number of hydrogen-bond acceptors (Lipinski definition) is 6. The minimum absolute atomic E-state index is 0.0233. The summed E-state index contributed by atoms with van der Waals surface area (Å²) in [5.74, 6) is -0.486. The molecule has 0 fully saturated rings. The van der Waals surface area contributed by atoms with Crippen molar-refractivity contribution >= 4 is 21.0 Å². The minimum atomic E-state index is -4.24. The Morgan fingerprint density at radius 1 is 1.14 bits per heavy atom. The van der Waals surface area contributed by atoms with Gasteiger partial charge in [-0.05, 0) is 17.2 Å². The number of hydrogen-bond donors (Lipinski definition) is 0. The van der Waals surface area contributed by atoms with Gasteiger partial charge in [0, 0.05) is 17.0 Å². The van der Waals surface area contributed by atoms with Crippen molar-refractivity contribution in [3.05, 3.63) is 48.8 Å². The molecule has 3 aromatic rings. The third kappa shape index (κ3) is 3.41. The van der Waals surface area contributed by atoms with Gasteiger partial charge in [0.2, 0.25) is 0 Å². The highest BCUT2D eigenvalue weighted by atomic mass is 32.2. The zero-order valence-electron chi connectivity index (χ0n) is 11.5. The Kier molecular flexibility index (Phi) is 3.78. The molecule has 22 heavy (non-hydrogen) atoms. The van der Waals surface area contributed by atoms with Gasteiger partial charge < -0.3 is 4.55 Å². The molecule has 0 aliphatic carbocycles. The van der Waals surface area contributed by atoms with E-state index in [1.54, 1.807) is 18.5 Å². The summed E-state index contributed by atoms with van der Waals surface area (Å²) in [5, 5.41) is 13.3.